The molecule has 1 heterocycles. The van der Waals surface area contributed by atoms with Gasteiger partial charge in [0.15, 0.2) is 9.84 Å². The highest BCUT2D eigenvalue weighted by atomic mass is 32.2. The first-order chi connectivity index (χ1) is 14.8. The number of anilines is 1. The number of sulfone groups is 1. The molecular weight excluding hydrogens is 422 g/mol. The summed E-state index contributed by atoms with van der Waals surface area (Å²) in [5.74, 6) is -3.48. The van der Waals surface area contributed by atoms with Crippen molar-refractivity contribution in [1.82, 2.24) is 4.98 Å². The Hall–Kier alpha value is -3.13. The molecular formula is C23H22F2N2O3S. The van der Waals surface area contributed by atoms with Crippen molar-refractivity contribution in [3.8, 4) is 0 Å². The summed E-state index contributed by atoms with van der Waals surface area (Å²) in [6.45, 7) is -0.137. The summed E-state index contributed by atoms with van der Waals surface area (Å²) in [7, 11) is -3.73. The van der Waals surface area contributed by atoms with E-state index < -0.39 is 33.1 Å². The number of nitrogens with zero attached hydrogens (tertiary/aromatic N) is 2. The molecule has 0 N–H and O–H groups in total. The lowest BCUT2D eigenvalue weighted by Gasteiger charge is -2.23. The highest BCUT2D eigenvalue weighted by Crippen LogP contribution is 2.23. The van der Waals surface area contributed by atoms with Crippen LogP contribution in [0, 0.1) is 11.6 Å². The molecule has 0 bridgehead atoms. The molecule has 0 aliphatic rings. The molecule has 3 rings (SSSR count). The molecule has 2 aromatic carbocycles. The Kier molecular flexibility index (Phi) is 7.46. The zero-order valence-electron chi connectivity index (χ0n) is 16.7. The summed E-state index contributed by atoms with van der Waals surface area (Å²) in [6, 6.07) is 17.3. The first-order valence-electron chi connectivity index (χ1n) is 9.74. The third-order valence-corrected chi connectivity index (χ3v) is 6.25. The molecule has 0 saturated heterocycles. The fraction of sp³-hybridized carbons (Fsp3) is 0.217. The van der Waals surface area contributed by atoms with Gasteiger partial charge in [-0.2, -0.15) is 0 Å². The van der Waals surface area contributed by atoms with Crippen molar-refractivity contribution < 1.29 is 22.0 Å². The molecule has 0 spiro atoms. The van der Waals surface area contributed by atoms with Crippen molar-refractivity contribution in [3.05, 3.63) is 95.8 Å². The molecule has 0 aliphatic carbocycles. The molecule has 31 heavy (non-hydrogen) atoms. The van der Waals surface area contributed by atoms with E-state index in [0.717, 1.165) is 22.6 Å². The molecule has 8 heteroatoms. The van der Waals surface area contributed by atoms with Crippen LogP contribution in [0.15, 0.2) is 72.9 Å². The maximum Gasteiger partial charge on any atom is 0.242 e. The molecule has 0 saturated carbocycles. The van der Waals surface area contributed by atoms with Gasteiger partial charge in [0, 0.05) is 12.3 Å². The molecule has 1 aromatic heterocycles. The molecule has 3 aromatic rings. The van der Waals surface area contributed by atoms with Crippen LogP contribution in [0.25, 0.3) is 0 Å². The van der Waals surface area contributed by atoms with Crippen molar-refractivity contribution in [3.63, 3.8) is 0 Å². The fourth-order valence-corrected chi connectivity index (χ4v) is 4.40. The maximum atomic E-state index is 14.4. The topological polar surface area (TPSA) is 67.3 Å². The average Bonchev–Trinajstić information content (AvgIpc) is 2.73. The van der Waals surface area contributed by atoms with Gasteiger partial charge in [0.25, 0.3) is 0 Å². The van der Waals surface area contributed by atoms with Crippen LogP contribution in [0.4, 0.5) is 14.5 Å². The molecule has 1 amide bonds. The second kappa shape index (κ2) is 10.3. The number of carbonyl (C=O) groups is 1. The van der Waals surface area contributed by atoms with E-state index in [2.05, 4.69) is 4.98 Å². The molecule has 162 valence electrons. The summed E-state index contributed by atoms with van der Waals surface area (Å²) in [5.41, 5.74) is 1.26. The van der Waals surface area contributed by atoms with Crippen LogP contribution >= 0.6 is 0 Å². The smallest absolute Gasteiger partial charge is 0.242 e. The number of halogens is 2. The lowest BCUT2D eigenvalue weighted by Crippen LogP contribution is -2.37. The number of benzene rings is 2. The van der Waals surface area contributed by atoms with Gasteiger partial charge < -0.3 is 4.90 Å². The van der Waals surface area contributed by atoms with Gasteiger partial charge in [-0.05, 0) is 42.7 Å². The third-order valence-electron chi connectivity index (χ3n) is 4.65. The van der Waals surface area contributed by atoms with Gasteiger partial charge in [0.05, 0.1) is 23.7 Å². The van der Waals surface area contributed by atoms with Gasteiger partial charge in [0.2, 0.25) is 5.91 Å². The number of carbonyl (C=O) groups excluding carboxylic acids is 1. The normalized spacial score (nSPS) is 11.3. The largest absolute Gasteiger partial charge is 0.303 e. The molecule has 0 radical (unpaired) electrons. The average molecular weight is 445 g/mol. The summed E-state index contributed by atoms with van der Waals surface area (Å²) >= 11 is 0. The van der Waals surface area contributed by atoms with Crippen LogP contribution in [0.1, 0.15) is 17.7 Å². The highest BCUT2D eigenvalue weighted by Gasteiger charge is 2.25. The number of aryl methyl sites for hydroxylation is 1. The number of amides is 1. The SMILES string of the molecule is O=C(CS(=O)(=O)CCCc1ccccc1)N(Cc1ccccn1)c1ccc(F)cc1F. The minimum absolute atomic E-state index is 0.137. The Labute approximate surface area is 180 Å². The zero-order chi connectivity index (χ0) is 22.3. The molecule has 0 aliphatic heterocycles. The summed E-state index contributed by atoms with van der Waals surface area (Å²) < 4.78 is 52.8. The van der Waals surface area contributed by atoms with E-state index in [1.807, 2.05) is 30.3 Å². The second-order valence-corrected chi connectivity index (χ2v) is 9.26. The predicted molar refractivity (Wildman–Crippen MR) is 115 cm³/mol. The van der Waals surface area contributed by atoms with Crippen LogP contribution in [0.3, 0.4) is 0 Å². The quantitative estimate of drug-likeness (QED) is 0.501. The molecule has 0 atom stereocenters. The van der Waals surface area contributed by atoms with Crippen molar-refractivity contribution in [2.75, 3.05) is 16.4 Å². The Bertz CT molecular complexity index is 1120. The first kappa shape index (κ1) is 22.6. The summed E-state index contributed by atoms with van der Waals surface area (Å²) in [5, 5.41) is 0. The fourth-order valence-electron chi connectivity index (χ4n) is 3.14. The number of rotatable bonds is 9. The minimum atomic E-state index is -3.73. The second-order valence-electron chi connectivity index (χ2n) is 7.08. The summed E-state index contributed by atoms with van der Waals surface area (Å²) in [6.07, 6.45) is 2.45. The van der Waals surface area contributed by atoms with E-state index >= 15 is 0 Å². The monoisotopic (exact) mass is 444 g/mol. The number of pyridine rings is 1. The Morgan fingerprint density at radius 2 is 1.71 bits per heavy atom. The van der Waals surface area contributed by atoms with Crippen LogP contribution in [0.2, 0.25) is 0 Å². The van der Waals surface area contributed by atoms with E-state index in [0.29, 0.717) is 24.6 Å². The standard InChI is InChI=1S/C23H22F2N2O3S/c24-19-11-12-22(21(25)15-19)27(16-20-10-4-5-13-26-20)23(28)17-31(29,30)14-6-9-18-7-2-1-3-8-18/h1-5,7-8,10-13,15H,6,9,14,16-17H2. The summed E-state index contributed by atoms with van der Waals surface area (Å²) in [4.78, 5) is 18.0. The number of hydrogen-bond acceptors (Lipinski definition) is 4. The van der Waals surface area contributed by atoms with Gasteiger partial charge in [-0.25, -0.2) is 17.2 Å². The zero-order valence-corrected chi connectivity index (χ0v) is 17.6. The van der Waals surface area contributed by atoms with Gasteiger partial charge in [-0.15, -0.1) is 0 Å². The van der Waals surface area contributed by atoms with E-state index in [1.165, 1.54) is 6.20 Å². The first-order valence-corrected chi connectivity index (χ1v) is 11.6. The van der Waals surface area contributed by atoms with E-state index in [1.54, 1.807) is 18.2 Å². The Morgan fingerprint density at radius 1 is 0.968 bits per heavy atom. The van der Waals surface area contributed by atoms with Crippen molar-refractivity contribution in [1.29, 1.82) is 0 Å². The van der Waals surface area contributed by atoms with Crippen molar-refractivity contribution in [2.45, 2.75) is 19.4 Å². The van der Waals surface area contributed by atoms with E-state index in [4.69, 9.17) is 0 Å². The van der Waals surface area contributed by atoms with Gasteiger partial charge in [-0.1, -0.05) is 36.4 Å². The lowest BCUT2D eigenvalue weighted by molar-refractivity contribution is -0.116. The van der Waals surface area contributed by atoms with Gasteiger partial charge in [-0.3, -0.25) is 9.78 Å². The van der Waals surface area contributed by atoms with Crippen molar-refractivity contribution in [2.24, 2.45) is 0 Å². The molecule has 0 unspecified atom stereocenters. The molecule has 5 nitrogen and oxygen atoms in total. The van der Waals surface area contributed by atoms with Crippen LogP contribution in [-0.2, 0) is 27.6 Å². The van der Waals surface area contributed by atoms with Crippen molar-refractivity contribution >= 4 is 21.4 Å². The minimum Gasteiger partial charge on any atom is -0.303 e. The van der Waals surface area contributed by atoms with Gasteiger partial charge >= 0.3 is 0 Å². The van der Waals surface area contributed by atoms with Crippen LogP contribution in [-0.4, -0.2) is 30.8 Å². The third kappa shape index (κ3) is 6.68. The number of aromatic nitrogens is 1. The Balaban J connectivity index is 1.74. The highest BCUT2D eigenvalue weighted by molar-refractivity contribution is 7.92. The Morgan fingerprint density at radius 3 is 2.39 bits per heavy atom. The van der Waals surface area contributed by atoms with Crippen LogP contribution in [0.5, 0.6) is 0 Å². The predicted octanol–water partition coefficient (Wildman–Crippen LogP) is 3.94. The van der Waals surface area contributed by atoms with Crippen LogP contribution < -0.4 is 4.90 Å². The van der Waals surface area contributed by atoms with E-state index in [-0.39, 0.29) is 18.0 Å². The van der Waals surface area contributed by atoms with Gasteiger partial charge in [0.1, 0.15) is 17.4 Å². The number of hydrogen-bond donors (Lipinski definition) is 0. The van der Waals surface area contributed by atoms with E-state index in [9.17, 15) is 22.0 Å². The maximum absolute atomic E-state index is 14.4. The lowest BCUT2D eigenvalue weighted by atomic mass is 10.1. The molecule has 0 fully saturated rings.